The Morgan fingerprint density at radius 3 is 2.57 bits per heavy atom. The van der Waals surface area contributed by atoms with E-state index in [1.54, 1.807) is 42.8 Å². The highest BCUT2D eigenvalue weighted by molar-refractivity contribution is 7.99. The highest BCUT2D eigenvalue weighted by Gasteiger charge is 2.21. The van der Waals surface area contributed by atoms with Gasteiger partial charge >= 0.3 is 0 Å². The van der Waals surface area contributed by atoms with Crippen LogP contribution in [0.2, 0.25) is 0 Å². The number of ether oxygens (including phenoxy) is 3. The number of fused-ring (bicyclic) bond motifs is 1. The van der Waals surface area contributed by atoms with Gasteiger partial charge in [0.1, 0.15) is 18.2 Å². The third-order valence-corrected chi connectivity index (χ3v) is 5.06. The molecule has 1 aliphatic rings. The Morgan fingerprint density at radius 1 is 1.04 bits per heavy atom. The van der Waals surface area contributed by atoms with Gasteiger partial charge in [-0.05, 0) is 42.5 Å². The molecular formula is C19H17FN4O3S. The molecule has 0 bridgehead atoms. The van der Waals surface area contributed by atoms with Gasteiger partial charge in [-0.15, -0.1) is 10.2 Å². The maximum Gasteiger partial charge on any atom is 0.212 e. The molecule has 2 heterocycles. The van der Waals surface area contributed by atoms with Gasteiger partial charge in [0, 0.05) is 11.3 Å². The van der Waals surface area contributed by atoms with Crippen molar-refractivity contribution in [3.8, 4) is 17.2 Å². The van der Waals surface area contributed by atoms with E-state index in [2.05, 4.69) is 15.3 Å². The summed E-state index contributed by atoms with van der Waals surface area (Å²) in [6, 6.07) is 11.5. The molecule has 28 heavy (non-hydrogen) atoms. The van der Waals surface area contributed by atoms with E-state index >= 15 is 0 Å². The minimum atomic E-state index is -0.312. The van der Waals surface area contributed by atoms with Crippen molar-refractivity contribution < 1.29 is 18.6 Å². The number of benzene rings is 2. The first-order valence-corrected chi connectivity index (χ1v) is 9.42. The summed E-state index contributed by atoms with van der Waals surface area (Å²) in [5.74, 6) is 2.76. The van der Waals surface area contributed by atoms with Gasteiger partial charge in [-0.3, -0.25) is 0 Å². The molecule has 0 spiro atoms. The van der Waals surface area contributed by atoms with Crippen LogP contribution in [0.25, 0.3) is 0 Å². The van der Waals surface area contributed by atoms with Crippen molar-refractivity contribution in [2.45, 2.75) is 11.8 Å². The zero-order chi connectivity index (χ0) is 19.5. The lowest BCUT2D eigenvalue weighted by Gasteiger charge is -2.15. The van der Waals surface area contributed by atoms with Crippen molar-refractivity contribution in [2.24, 2.45) is 5.10 Å². The summed E-state index contributed by atoms with van der Waals surface area (Å²) < 4.78 is 31.0. The fourth-order valence-electron chi connectivity index (χ4n) is 2.69. The third-order valence-electron chi connectivity index (χ3n) is 4.13. The van der Waals surface area contributed by atoms with E-state index in [4.69, 9.17) is 14.2 Å². The summed E-state index contributed by atoms with van der Waals surface area (Å²) in [6.07, 6.45) is 0. The van der Waals surface area contributed by atoms with Crippen LogP contribution in [0.4, 0.5) is 4.39 Å². The number of thioether (sulfide) groups is 1. The van der Waals surface area contributed by atoms with Gasteiger partial charge in [0.15, 0.2) is 17.3 Å². The molecule has 4 rings (SSSR count). The van der Waals surface area contributed by atoms with E-state index < -0.39 is 0 Å². The zero-order valence-corrected chi connectivity index (χ0v) is 16.1. The molecule has 0 aliphatic carbocycles. The molecule has 1 aliphatic heterocycles. The van der Waals surface area contributed by atoms with E-state index in [0.29, 0.717) is 34.0 Å². The van der Waals surface area contributed by atoms with Crippen LogP contribution in [0.5, 0.6) is 17.2 Å². The molecule has 7 nitrogen and oxygen atoms in total. The summed E-state index contributed by atoms with van der Waals surface area (Å²) in [5, 5.41) is 13.7. The van der Waals surface area contributed by atoms with Gasteiger partial charge in [0.2, 0.25) is 5.16 Å². The van der Waals surface area contributed by atoms with Crippen LogP contribution in [-0.2, 0) is 6.61 Å². The third kappa shape index (κ3) is 3.65. The Morgan fingerprint density at radius 2 is 1.82 bits per heavy atom. The molecule has 144 valence electrons. The van der Waals surface area contributed by atoms with E-state index in [9.17, 15) is 4.39 Å². The van der Waals surface area contributed by atoms with Crippen LogP contribution in [0.15, 0.2) is 52.7 Å². The number of nitrogens with zero attached hydrogens (tertiary/aromatic N) is 4. The lowest BCUT2D eigenvalue weighted by molar-refractivity contribution is 0.289. The number of aromatic nitrogens is 3. The summed E-state index contributed by atoms with van der Waals surface area (Å²) in [4.78, 5) is 0. The van der Waals surface area contributed by atoms with E-state index in [1.165, 1.54) is 12.1 Å². The Kier molecular flexibility index (Phi) is 5.16. The average Bonchev–Trinajstić information content (AvgIpc) is 3.15. The second kappa shape index (κ2) is 7.89. The number of rotatable bonds is 6. The highest BCUT2D eigenvalue weighted by atomic mass is 32.2. The molecule has 0 saturated heterocycles. The van der Waals surface area contributed by atoms with E-state index in [0.717, 1.165) is 11.3 Å². The molecule has 9 heteroatoms. The van der Waals surface area contributed by atoms with Crippen molar-refractivity contribution in [2.75, 3.05) is 20.0 Å². The van der Waals surface area contributed by atoms with Gasteiger partial charge in [-0.25, -0.2) is 4.39 Å². The summed E-state index contributed by atoms with van der Waals surface area (Å²) in [7, 11) is 3.20. The molecule has 0 saturated carbocycles. The Balaban J connectivity index is 1.58. The Bertz CT molecular complexity index is 1020. The molecule has 0 amide bonds. The predicted octanol–water partition coefficient (Wildman–Crippen LogP) is 3.37. The quantitative estimate of drug-likeness (QED) is 0.632. The molecule has 0 N–H and O–H groups in total. The second-order valence-corrected chi connectivity index (χ2v) is 6.80. The lowest BCUT2D eigenvalue weighted by Crippen LogP contribution is -2.15. The highest BCUT2D eigenvalue weighted by Crippen LogP contribution is 2.30. The van der Waals surface area contributed by atoms with Crippen LogP contribution >= 0.6 is 11.8 Å². The summed E-state index contributed by atoms with van der Waals surface area (Å²) in [6.45, 7) is 0.169. The Labute approximate surface area is 165 Å². The number of halogens is 1. The van der Waals surface area contributed by atoms with Gasteiger partial charge in [-0.2, -0.15) is 9.78 Å². The van der Waals surface area contributed by atoms with Crippen molar-refractivity contribution in [1.82, 2.24) is 14.9 Å². The van der Waals surface area contributed by atoms with Gasteiger partial charge in [-0.1, -0.05) is 11.8 Å². The van der Waals surface area contributed by atoms with E-state index in [1.807, 2.05) is 18.2 Å². The number of methoxy groups -OCH3 is 2. The van der Waals surface area contributed by atoms with Gasteiger partial charge in [0.05, 0.1) is 19.9 Å². The fourth-order valence-corrected chi connectivity index (χ4v) is 3.55. The molecular weight excluding hydrogens is 383 g/mol. The van der Waals surface area contributed by atoms with Crippen LogP contribution in [0.3, 0.4) is 0 Å². The van der Waals surface area contributed by atoms with Gasteiger partial charge < -0.3 is 14.2 Å². The number of hydrogen-bond acceptors (Lipinski definition) is 7. The largest absolute Gasteiger partial charge is 0.493 e. The van der Waals surface area contributed by atoms with Crippen molar-refractivity contribution >= 4 is 17.5 Å². The average molecular weight is 400 g/mol. The smallest absolute Gasteiger partial charge is 0.212 e. The molecule has 0 atom stereocenters. The zero-order valence-electron chi connectivity index (χ0n) is 15.3. The first-order valence-electron chi connectivity index (χ1n) is 8.43. The lowest BCUT2D eigenvalue weighted by atomic mass is 10.1. The normalized spacial score (nSPS) is 12.9. The van der Waals surface area contributed by atoms with Crippen LogP contribution < -0.4 is 14.2 Å². The second-order valence-electron chi connectivity index (χ2n) is 5.86. The van der Waals surface area contributed by atoms with Crippen molar-refractivity contribution in [1.29, 1.82) is 0 Å². The molecule has 1 aromatic heterocycles. The van der Waals surface area contributed by atoms with Crippen molar-refractivity contribution in [3.63, 3.8) is 0 Å². The SMILES string of the molecule is COc1ccc(C2=Nn3c(COc4ccc(F)cc4)nnc3SC2)cc1OC. The first kappa shape index (κ1) is 18.3. The van der Waals surface area contributed by atoms with Gasteiger partial charge in [0.25, 0.3) is 0 Å². The minimum absolute atomic E-state index is 0.169. The van der Waals surface area contributed by atoms with E-state index in [-0.39, 0.29) is 12.4 Å². The van der Waals surface area contributed by atoms with Crippen LogP contribution in [0.1, 0.15) is 11.4 Å². The number of hydrogen-bond donors (Lipinski definition) is 0. The topological polar surface area (TPSA) is 70.8 Å². The molecule has 3 aromatic rings. The summed E-state index contributed by atoms with van der Waals surface area (Å²) in [5.41, 5.74) is 1.79. The van der Waals surface area contributed by atoms with Crippen molar-refractivity contribution in [3.05, 3.63) is 59.7 Å². The Hall–Kier alpha value is -3.07. The minimum Gasteiger partial charge on any atom is -0.493 e. The standard InChI is InChI=1S/C19H17FN4O3S/c1-25-16-8-3-12(9-17(16)26-2)15-11-28-19-22-21-18(24(19)23-15)10-27-14-6-4-13(20)5-7-14/h3-9H,10-11H2,1-2H3. The maximum absolute atomic E-state index is 13.0. The van der Waals surface area contributed by atoms with Crippen LogP contribution in [0, 0.1) is 5.82 Å². The monoisotopic (exact) mass is 400 g/mol. The fraction of sp³-hybridized carbons (Fsp3) is 0.211. The molecule has 0 unspecified atom stereocenters. The molecule has 0 radical (unpaired) electrons. The van der Waals surface area contributed by atoms with Crippen LogP contribution in [-0.4, -0.2) is 40.6 Å². The first-order chi connectivity index (χ1) is 13.7. The maximum atomic E-state index is 13.0. The predicted molar refractivity (Wildman–Crippen MR) is 103 cm³/mol. The molecule has 2 aromatic carbocycles. The molecule has 0 fully saturated rings. The summed E-state index contributed by atoms with van der Waals surface area (Å²) >= 11 is 1.54.